The number of hydrogen-bond acceptors (Lipinski definition) is 2. The Kier molecular flexibility index (Phi) is 3.02. The normalized spacial score (nSPS) is 13.0. The number of halogens is 1. The second kappa shape index (κ2) is 3.83. The third kappa shape index (κ3) is 2.99. The number of aliphatic hydroxyl groups excluding tert-OH is 1. The molecule has 0 fully saturated rings. The lowest BCUT2D eigenvalue weighted by Gasteiger charge is -2.02. The van der Waals surface area contributed by atoms with Gasteiger partial charge in [0.05, 0.1) is 6.10 Å². The predicted octanol–water partition coefficient (Wildman–Crippen LogP) is 1.77. The zero-order valence-electron chi connectivity index (χ0n) is 6.29. The standard InChI is InChI=1S/C8H10BrNO/c1-6(11)2-7-3-8(9)5-10-4-7/h3-6,11H,2H2,1H3/t6-/m1/s1. The molecule has 1 rings (SSSR count). The van der Waals surface area contributed by atoms with E-state index in [1.54, 1.807) is 19.3 Å². The summed E-state index contributed by atoms with van der Waals surface area (Å²) in [6.07, 6.45) is 3.85. The highest BCUT2D eigenvalue weighted by Gasteiger charge is 1.98. The summed E-state index contributed by atoms with van der Waals surface area (Å²) in [7, 11) is 0. The van der Waals surface area contributed by atoms with Crippen molar-refractivity contribution in [1.82, 2.24) is 4.98 Å². The molecular weight excluding hydrogens is 206 g/mol. The fourth-order valence-electron chi connectivity index (χ4n) is 0.909. The maximum atomic E-state index is 9.05. The van der Waals surface area contributed by atoms with Gasteiger partial charge >= 0.3 is 0 Å². The van der Waals surface area contributed by atoms with Gasteiger partial charge in [-0.1, -0.05) is 0 Å². The average Bonchev–Trinajstić information content (AvgIpc) is 1.85. The first-order chi connectivity index (χ1) is 5.18. The van der Waals surface area contributed by atoms with Crippen molar-refractivity contribution in [1.29, 1.82) is 0 Å². The quantitative estimate of drug-likeness (QED) is 0.817. The summed E-state index contributed by atoms with van der Waals surface area (Å²) in [4.78, 5) is 3.98. The number of aromatic nitrogens is 1. The van der Waals surface area contributed by atoms with E-state index in [0.717, 1.165) is 10.0 Å². The van der Waals surface area contributed by atoms with Gasteiger partial charge in [0.25, 0.3) is 0 Å². The van der Waals surface area contributed by atoms with Gasteiger partial charge in [0.15, 0.2) is 0 Å². The van der Waals surface area contributed by atoms with Crippen molar-refractivity contribution in [2.24, 2.45) is 0 Å². The fourth-order valence-corrected chi connectivity index (χ4v) is 1.32. The van der Waals surface area contributed by atoms with Crippen LogP contribution < -0.4 is 0 Å². The Morgan fingerprint density at radius 1 is 1.64 bits per heavy atom. The van der Waals surface area contributed by atoms with Crippen LogP contribution in [0.25, 0.3) is 0 Å². The molecule has 0 amide bonds. The Bertz CT molecular complexity index is 237. The van der Waals surface area contributed by atoms with Gasteiger partial charge in [0.1, 0.15) is 0 Å². The molecule has 0 saturated carbocycles. The molecular formula is C8H10BrNO. The molecule has 2 nitrogen and oxygen atoms in total. The molecule has 1 aromatic rings. The van der Waals surface area contributed by atoms with E-state index in [9.17, 15) is 0 Å². The van der Waals surface area contributed by atoms with Crippen LogP contribution in [0.3, 0.4) is 0 Å². The predicted molar refractivity (Wildman–Crippen MR) is 47.3 cm³/mol. The van der Waals surface area contributed by atoms with Crippen LogP contribution in [0.5, 0.6) is 0 Å². The van der Waals surface area contributed by atoms with E-state index in [2.05, 4.69) is 20.9 Å². The molecule has 0 radical (unpaired) electrons. The largest absolute Gasteiger partial charge is 0.393 e. The second-order valence-corrected chi connectivity index (χ2v) is 3.48. The van der Waals surface area contributed by atoms with Crippen molar-refractivity contribution in [3.8, 4) is 0 Å². The molecule has 0 unspecified atom stereocenters. The van der Waals surface area contributed by atoms with Crippen molar-refractivity contribution in [3.05, 3.63) is 28.5 Å². The molecule has 0 spiro atoms. The van der Waals surface area contributed by atoms with E-state index in [0.29, 0.717) is 6.42 Å². The van der Waals surface area contributed by atoms with Gasteiger partial charge in [-0.15, -0.1) is 0 Å². The van der Waals surface area contributed by atoms with E-state index < -0.39 is 0 Å². The topological polar surface area (TPSA) is 33.1 Å². The monoisotopic (exact) mass is 215 g/mol. The average molecular weight is 216 g/mol. The number of rotatable bonds is 2. The third-order valence-corrected chi connectivity index (χ3v) is 1.73. The van der Waals surface area contributed by atoms with E-state index in [-0.39, 0.29) is 6.10 Å². The summed E-state index contributed by atoms with van der Waals surface area (Å²) in [5.74, 6) is 0. The highest BCUT2D eigenvalue weighted by Crippen LogP contribution is 2.10. The summed E-state index contributed by atoms with van der Waals surface area (Å²) in [5, 5.41) is 9.05. The molecule has 0 aliphatic carbocycles. The molecule has 0 aromatic carbocycles. The van der Waals surface area contributed by atoms with Crippen LogP contribution in [-0.4, -0.2) is 16.2 Å². The molecule has 11 heavy (non-hydrogen) atoms. The number of pyridine rings is 1. The molecule has 1 atom stereocenters. The molecule has 3 heteroatoms. The molecule has 1 N–H and O–H groups in total. The minimum atomic E-state index is -0.300. The zero-order valence-corrected chi connectivity index (χ0v) is 7.87. The second-order valence-electron chi connectivity index (χ2n) is 2.56. The summed E-state index contributed by atoms with van der Waals surface area (Å²) >= 11 is 3.31. The van der Waals surface area contributed by atoms with Crippen LogP contribution in [-0.2, 0) is 6.42 Å². The third-order valence-electron chi connectivity index (χ3n) is 1.29. The smallest absolute Gasteiger partial charge is 0.0553 e. The van der Waals surface area contributed by atoms with Crippen molar-refractivity contribution in [3.63, 3.8) is 0 Å². The summed E-state index contributed by atoms with van der Waals surface area (Å²) in [5.41, 5.74) is 1.05. The van der Waals surface area contributed by atoms with Crippen LogP contribution in [0.15, 0.2) is 22.9 Å². The van der Waals surface area contributed by atoms with Gasteiger partial charge in [-0.05, 0) is 40.9 Å². The molecule has 1 aromatic heterocycles. The van der Waals surface area contributed by atoms with Gasteiger partial charge in [-0.2, -0.15) is 0 Å². The van der Waals surface area contributed by atoms with Crippen LogP contribution in [0.2, 0.25) is 0 Å². The fraction of sp³-hybridized carbons (Fsp3) is 0.375. The first-order valence-electron chi connectivity index (χ1n) is 3.46. The maximum absolute atomic E-state index is 9.05. The number of hydrogen-bond donors (Lipinski definition) is 1. The Labute approximate surface area is 74.4 Å². The van der Waals surface area contributed by atoms with Crippen molar-refractivity contribution in [2.45, 2.75) is 19.4 Å². The van der Waals surface area contributed by atoms with Gasteiger partial charge < -0.3 is 5.11 Å². The molecule has 1 heterocycles. The van der Waals surface area contributed by atoms with Gasteiger partial charge in [-0.3, -0.25) is 4.98 Å². The van der Waals surface area contributed by atoms with E-state index >= 15 is 0 Å². The van der Waals surface area contributed by atoms with E-state index in [4.69, 9.17) is 5.11 Å². The molecule has 0 aliphatic rings. The van der Waals surface area contributed by atoms with Crippen LogP contribution in [0.1, 0.15) is 12.5 Å². The molecule has 0 aliphatic heterocycles. The molecule has 0 saturated heterocycles. The van der Waals surface area contributed by atoms with Crippen molar-refractivity contribution < 1.29 is 5.11 Å². The van der Waals surface area contributed by atoms with Crippen LogP contribution >= 0.6 is 15.9 Å². The van der Waals surface area contributed by atoms with Crippen molar-refractivity contribution in [2.75, 3.05) is 0 Å². The Balaban J connectivity index is 2.71. The first-order valence-corrected chi connectivity index (χ1v) is 4.25. The van der Waals surface area contributed by atoms with Gasteiger partial charge in [-0.25, -0.2) is 0 Å². The van der Waals surface area contributed by atoms with Gasteiger partial charge in [0, 0.05) is 16.9 Å². The summed E-state index contributed by atoms with van der Waals surface area (Å²) < 4.78 is 0.954. The zero-order chi connectivity index (χ0) is 8.27. The minimum absolute atomic E-state index is 0.300. The van der Waals surface area contributed by atoms with Crippen molar-refractivity contribution >= 4 is 15.9 Å². The lowest BCUT2D eigenvalue weighted by molar-refractivity contribution is 0.195. The molecule has 0 bridgehead atoms. The Morgan fingerprint density at radius 2 is 2.36 bits per heavy atom. The highest BCUT2D eigenvalue weighted by molar-refractivity contribution is 9.10. The maximum Gasteiger partial charge on any atom is 0.0553 e. The van der Waals surface area contributed by atoms with Gasteiger partial charge in [0.2, 0.25) is 0 Å². The summed E-state index contributed by atoms with van der Waals surface area (Å²) in [6, 6.07) is 1.96. The number of aliphatic hydroxyl groups is 1. The highest BCUT2D eigenvalue weighted by atomic mass is 79.9. The van der Waals surface area contributed by atoms with Crippen LogP contribution in [0, 0.1) is 0 Å². The lowest BCUT2D eigenvalue weighted by Crippen LogP contribution is -2.04. The first kappa shape index (κ1) is 8.68. The van der Waals surface area contributed by atoms with Crippen LogP contribution in [0.4, 0.5) is 0 Å². The lowest BCUT2D eigenvalue weighted by atomic mass is 10.1. The number of nitrogens with zero attached hydrogens (tertiary/aromatic N) is 1. The van der Waals surface area contributed by atoms with E-state index in [1.165, 1.54) is 0 Å². The SMILES string of the molecule is C[C@@H](O)Cc1cncc(Br)c1. The molecule has 60 valence electrons. The minimum Gasteiger partial charge on any atom is -0.393 e. The van der Waals surface area contributed by atoms with E-state index in [1.807, 2.05) is 6.07 Å². The Hall–Kier alpha value is -0.410. The summed E-state index contributed by atoms with van der Waals surface area (Å²) in [6.45, 7) is 1.76. The Morgan fingerprint density at radius 3 is 2.91 bits per heavy atom.